The maximum absolute atomic E-state index is 13.4. The highest BCUT2D eigenvalue weighted by Crippen LogP contribution is 2.32. The lowest BCUT2D eigenvalue weighted by Crippen LogP contribution is -2.49. The molecule has 0 bridgehead atoms. The van der Waals surface area contributed by atoms with Crippen molar-refractivity contribution in [1.82, 2.24) is 9.47 Å². The minimum Gasteiger partial charge on any atom is -0.492 e. The number of benzene rings is 2. The van der Waals surface area contributed by atoms with Crippen molar-refractivity contribution in [1.29, 1.82) is 0 Å². The van der Waals surface area contributed by atoms with Crippen molar-refractivity contribution in [3.05, 3.63) is 84.3 Å². The SMILES string of the molecule is O=C(c1cc2occc2n1CCOc1ccccc1)N1CCN(c2cccc(C(F)(F)F)c2)CC1. The van der Waals surface area contributed by atoms with Crippen LogP contribution in [0.3, 0.4) is 0 Å². The Labute approximate surface area is 200 Å². The van der Waals surface area contributed by atoms with Crippen LogP contribution in [-0.2, 0) is 12.7 Å². The third kappa shape index (κ3) is 4.84. The van der Waals surface area contributed by atoms with Gasteiger partial charge in [0.2, 0.25) is 0 Å². The van der Waals surface area contributed by atoms with Crippen LogP contribution < -0.4 is 9.64 Å². The second-order valence-electron chi connectivity index (χ2n) is 8.34. The molecule has 0 spiro atoms. The maximum atomic E-state index is 13.4. The molecule has 0 aliphatic carbocycles. The summed E-state index contributed by atoms with van der Waals surface area (Å²) in [5.74, 6) is 0.612. The number of carbonyl (C=O) groups excluding carboxylic acids is 1. The summed E-state index contributed by atoms with van der Waals surface area (Å²) < 4.78 is 52.5. The number of rotatable bonds is 6. The van der Waals surface area contributed by atoms with Gasteiger partial charge in [-0.15, -0.1) is 0 Å². The molecule has 35 heavy (non-hydrogen) atoms. The van der Waals surface area contributed by atoms with Gasteiger partial charge in [0.05, 0.1) is 23.9 Å². The number of halogens is 3. The topological polar surface area (TPSA) is 50.9 Å². The molecule has 0 N–H and O–H groups in total. The lowest BCUT2D eigenvalue weighted by molar-refractivity contribution is -0.137. The van der Waals surface area contributed by atoms with Crippen LogP contribution in [0.2, 0.25) is 0 Å². The van der Waals surface area contributed by atoms with Crippen LogP contribution >= 0.6 is 0 Å². The van der Waals surface area contributed by atoms with Crippen LogP contribution in [-0.4, -0.2) is 48.2 Å². The quantitative estimate of drug-likeness (QED) is 0.374. The molecule has 0 unspecified atom stereocenters. The van der Waals surface area contributed by atoms with Crippen LogP contribution in [0.1, 0.15) is 16.1 Å². The van der Waals surface area contributed by atoms with Gasteiger partial charge in [0.15, 0.2) is 5.58 Å². The van der Waals surface area contributed by atoms with E-state index in [1.54, 1.807) is 23.3 Å². The maximum Gasteiger partial charge on any atom is 0.416 e. The van der Waals surface area contributed by atoms with Gasteiger partial charge in [0.25, 0.3) is 5.91 Å². The average Bonchev–Trinajstić information content (AvgIpc) is 3.46. The number of ether oxygens (including phenoxy) is 1. The van der Waals surface area contributed by atoms with E-state index in [1.807, 2.05) is 45.9 Å². The molecule has 5 rings (SSSR count). The Morgan fingerprint density at radius 2 is 1.71 bits per heavy atom. The summed E-state index contributed by atoms with van der Waals surface area (Å²) in [6, 6.07) is 18.3. The number of hydrogen-bond donors (Lipinski definition) is 0. The van der Waals surface area contributed by atoms with E-state index < -0.39 is 11.7 Å². The Morgan fingerprint density at radius 3 is 2.46 bits per heavy atom. The molecule has 9 heteroatoms. The molecular formula is C26H24F3N3O3. The van der Waals surface area contributed by atoms with Crippen molar-refractivity contribution >= 4 is 22.7 Å². The number of nitrogens with zero attached hydrogens (tertiary/aromatic N) is 3. The number of carbonyl (C=O) groups is 1. The normalized spacial score (nSPS) is 14.5. The van der Waals surface area contributed by atoms with Crippen molar-refractivity contribution in [2.24, 2.45) is 0 Å². The number of hydrogen-bond acceptors (Lipinski definition) is 4. The molecule has 0 radical (unpaired) electrons. The van der Waals surface area contributed by atoms with E-state index >= 15 is 0 Å². The highest BCUT2D eigenvalue weighted by atomic mass is 19.4. The van der Waals surface area contributed by atoms with Gasteiger partial charge in [-0.25, -0.2) is 0 Å². The van der Waals surface area contributed by atoms with Crippen LogP contribution in [0, 0.1) is 0 Å². The highest BCUT2D eigenvalue weighted by molar-refractivity contribution is 5.97. The van der Waals surface area contributed by atoms with E-state index in [1.165, 1.54) is 6.07 Å². The molecule has 4 aromatic rings. The smallest absolute Gasteiger partial charge is 0.416 e. The van der Waals surface area contributed by atoms with E-state index in [9.17, 15) is 18.0 Å². The van der Waals surface area contributed by atoms with E-state index in [-0.39, 0.29) is 5.91 Å². The zero-order valence-corrected chi connectivity index (χ0v) is 18.9. The van der Waals surface area contributed by atoms with Crippen molar-refractivity contribution in [2.75, 3.05) is 37.7 Å². The van der Waals surface area contributed by atoms with Crippen LogP contribution in [0.15, 0.2) is 77.4 Å². The average molecular weight is 483 g/mol. The predicted molar refractivity (Wildman–Crippen MR) is 126 cm³/mol. The van der Waals surface area contributed by atoms with Gasteiger partial charge in [-0.3, -0.25) is 4.79 Å². The van der Waals surface area contributed by atoms with E-state index in [4.69, 9.17) is 9.15 Å². The first-order chi connectivity index (χ1) is 16.9. The van der Waals surface area contributed by atoms with Crippen molar-refractivity contribution in [2.45, 2.75) is 12.7 Å². The summed E-state index contributed by atoms with van der Waals surface area (Å²) in [5.41, 5.74) is 1.77. The van der Waals surface area contributed by atoms with E-state index in [0.29, 0.717) is 56.3 Å². The van der Waals surface area contributed by atoms with Gasteiger partial charge in [0.1, 0.15) is 18.1 Å². The summed E-state index contributed by atoms with van der Waals surface area (Å²) in [6.07, 6.45) is -2.80. The Morgan fingerprint density at radius 1 is 0.943 bits per heavy atom. The number of piperazine rings is 1. The number of para-hydroxylation sites is 1. The number of anilines is 1. The molecule has 1 amide bonds. The molecule has 3 heterocycles. The zero-order valence-electron chi connectivity index (χ0n) is 18.9. The Kier molecular flexibility index (Phi) is 6.15. The zero-order chi connectivity index (χ0) is 24.4. The second-order valence-corrected chi connectivity index (χ2v) is 8.34. The monoisotopic (exact) mass is 483 g/mol. The molecule has 0 atom stereocenters. The number of furan rings is 1. The molecule has 182 valence electrons. The fraction of sp³-hybridized carbons (Fsp3) is 0.269. The lowest BCUT2D eigenvalue weighted by atomic mass is 10.1. The highest BCUT2D eigenvalue weighted by Gasteiger charge is 2.31. The third-order valence-electron chi connectivity index (χ3n) is 6.17. The predicted octanol–water partition coefficient (Wildman–Crippen LogP) is 5.29. The first-order valence-corrected chi connectivity index (χ1v) is 11.4. The molecular weight excluding hydrogens is 459 g/mol. The standard InChI is InChI=1S/C26H24F3N3O3/c27-26(28,29)19-5-4-6-20(17-19)30-10-12-31(13-11-30)25(33)23-18-24-22(9-15-35-24)32(23)14-16-34-21-7-2-1-3-8-21/h1-9,15,17-18H,10-14,16H2. The first-order valence-electron chi connectivity index (χ1n) is 11.4. The van der Waals surface area contributed by atoms with Crippen molar-refractivity contribution in [3.63, 3.8) is 0 Å². The molecule has 1 aliphatic heterocycles. The third-order valence-corrected chi connectivity index (χ3v) is 6.17. The largest absolute Gasteiger partial charge is 0.492 e. The Balaban J connectivity index is 1.27. The lowest BCUT2D eigenvalue weighted by Gasteiger charge is -2.36. The van der Waals surface area contributed by atoms with Gasteiger partial charge >= 0.3 is 6.18 Å². The molecule has 1 fully saturated rings. The Hall–Kier alpha value is -3.88. The van der Waals surface area contributed by atoms with Crippen molar-refractivity contribution < 1.29 is 27.1 Å². The van der Waals surface area contributed by atoms with E-state index in [0.717, 1.165) is 23.4 Å². The summed E-state index contributed by atoms with van der Waals surface area (Å²) in [5, 5.41) is 0. The van der Waals surface area contributed by atoms with Crippen LogP contribution in [0.4, 0.5) is 18.9 Å². The number of amides is 1. The summed E-state index contributed by atoms with van der Waals surface area (Å²) in [7, 11) is 0. The molecule has 6 nitrogen and oxygen atoms in total. The molecule has 1 saturated heterocycles. The second kappa shape index (κ2) is 9.40. The minimum atomic E-state index is -4.39. The summed E-state index contributed by atoms with van der Waals surface area (Å²) >= 11 is 0. The van der Waals surface area contributed by atoms with Gasteiger partial charge in [0, 0.05) is 44.0 Å². The van der Waals surface area contributed by atoms with Gasteiger partial charge in [-0.05, 0) is 30.3 Å². The van der Waals surface area contributed by atoms with Crippen molar-refractivity contribution in [3.8, 4) is 5.75 Å². The van der Waals surface area contributed by atoms with Gasteiger partial charge in [-0.1, -0.05) is 24.3 Å². The van der Waals surface area contributed by atoms with E-state index in [2.05, 4.69) is 0 Å². The fourth-order valence-electron chi connectivity index (χ4n) is 4.38. The number of alkyl halides is 3. The molecule has 2 aromatic heterocycles. The number of aromatic nitrogens is 1. The molecule has 0 saturated carbocycles. The first kappa shape index (κ1) is 22.9. The van der Waals surface area contributed by atoms with Crippen LogP contribution in [0.5, 0.6) is 5.75 Å². The summed E-state index contributed by atoms with van der Waals surface area (Å²) in [4.78, 5) is 17.0. The van der Waals surface area contributed by atoms with Crippen LogP contribution in [0.25, 0.3) is 11.1 Å². The molecule has 2 aromatic carbocycles. The van der Waals surface area contributed by atoms with Gasteiger partial charge in [-0.2, -0.15) is 13.2 Å². The minimum absolute atomic E-state index is 0.139. The number of fused-ring (bicyclic) bond motifs is 1. The fourth-order valence-corrected chi connectivity index (χ4v) is 4.38. The molecule has 1 aliphatic rings. The summed E-state index contributed by atoms with van der Waals surface area (Å²) in [6.45, 7) is 2.54. The van der Waals surface area contributed by atoms with Gasteiger partial charge < -0.3 is 23.5 Å². The Bertz CT molecular complexity index is 1310.